The van der Waals surface area contributed by atoms with Crippen LogP contribution in [0.4, 0.5) is 23.0 Å². The van der Waals surface area contributed by atoms with E-state index in [-0.39, 0.29) is 0 Å². The van der Waals surface area contributed by atoms with Crippen molar-refractivity contribution in [3.8, 4) is 11.5 Å². The number of fused-ring (bicyclic) bond motifs is 1. The number of nitrogens with zero attached hydrogens (tertiary/aromatic N) is 4. The summed E-state index contributed by atoms with van der Waals surface area (Å²) in [5, 5.41) is 3.43. The molecule has 7 heteroatoms. The molecule has 1 fully saturated rings. The SMILES string of the molecule is Nc1ncnc2c1N(c1ccc(Oc3ccccc3)cc1)CN2[C@@H]1CCNC1. The standard InChI is InChI=1S/C21H22N6O/c22-20-19-21(25-13-24-20)27(16-10-11-23-12-16)14-26(19)15-6-8-18(9-7-15)28-17-4-2-1-3-5-17/h1-9,13,16,23H,10-12,14H2,(H2,22,24,25)/t16-/m1/s1. The molecule has 2 aromatic carbocycles. The van der Waals surface area contributed by atoms with Gasteiger partial charge in [-0.3, -0.25) is 0 Å². The van der Waals surface area contributed by atoms with Crippen LogP contribution < -0.4 is 25.6 Å². The van der Waals surface area contributed by atoms with E-state index in [0.717, 1.165) is 48.2 Å². The maximum Gasteiger partial charge on any atom is 0.160 e. The lowest BCUT2D eigenvalue weighted by Crippen LogP contribution is -2.38. The number of rotatable bonds is 4. The molecule has 0 amide bonds. The molecule has 3 heterocycles. The van der Waals surface area contributed by atoms with E-state index >= 15 is 0 Å². The summed E-state index contributed by atoms with van der Waals surface area (Å²) in [4.78, 5) is 13.3. The smallest absolute Gasteiger partial charge is 0.160 e. The van der Waals surface area contributed by atoms with Crippen LogP contribution in [-0.2, 0) is 0 Å². The van der Waals surface area contributed by atoms with E-state index in [4.69, 9.17) is 10.5 Å². The molecule has 1 aromatic heterocycles. The van der Waals surface area contributed by atoms with Crippen LogP contribution in [0.1, 0.15) is 6.42 Å². The molecule has 7 nitrogen and oxygen atoms in total. The molecule has 1 saturated heterocycles. The van der Waals surface area contributed by atoms with Gasteiger partial charge in [-0.15, -0.1) is 0 Å². The third-order valence-corrected chi connectivity index (χ3v) is 5.27. The van der Waals surface area contributed by atoms with Crippen molar-refractivity contribution in [2.24, 2.45) is 0 Å². The molecule has 28 heavy (non-hydrogen) atoms. The maximum absolute atomic E-state index is 6.23. The molecule has 0 bridgehead atoms. The molecule has 0 aliphatic carbocycles. The average Bonchev–Trinajstić information content (AvgIpc) is 3.38. The maximum atomic E-state index is 6.23. The number of benzene rings is 2. The van der Waals surface area contributed by atoms with Crippen LogP contribution >= 0.6 is 0 Å². The van der Waals surface area contributed by atoms with Crippen LogP contribution in [-0.4, -0.2) is 35.8 Å². The molecule has 1 atom stereocenters. The van der Waals surface area contributed by atoms with Crippen molar-refractivity contribution in [3.05, 3.63) is 60.9 Å². The average molecular weight is 374 g/mol. The summed E-state index contributed by atoms with van der Waals surface area (Å²) in [7, 11) is 0. The summed E-state index contributed by atoms with van der Waals surface area (Å²) in [6, 6.07) is 18.2. The van der Waals surface area contributed by atoms with E-state index in [1.807, 2.05) is 54.6 Å². The van der Waals surface area contributed by atoms with Crippen LogP contribution in [0.3, 0.4) is 0 Å². The Morgan fingerprint density at radius 1 is 1.00 bits per heavy atom. The Morgan fingerprint density at radius 2 is 1.79 bits per heavy atom. The minimum Gasteiger partial charge on any atom is -0.457 e. The molecule has 3 N–H and O–H groups in total. The first-order valence-corrected chi connectivity index (χ1v) is 9.48. The van der Waals surface area contributed by atoms with Crippen molar-refractivity contribution in [3.63, 3.8) is 0 Å². The van der Waals surface area contributed by atoms with Crippen molar-refractivity contribution in [1.29, 1.82) is 0 Å². The summed E-state index contributed by atoms with van der Waals surface area (Å²) in [5.41, 5.74) is 8.15. The van der Waals surface area contributed by atoms with Crippen LogP contribution in [0.2, 0.25) is 0 Å². The molecule has 2 aliphatic rings. The van der Waals surface area contributed by atoms with Crippen LogP contribution in [0.25, 0.3) is 0 Å². The van der Waals surface area contributed by atoms with Gasteiger partial charge >= 0.3 is 0 Å². The molecule has 5 rings (SSSR count). The summed E-state index contributed by atoms with van der Waals surface area (Å²) < 4.78 is 5.91. The van der Waals surface area contributed by atoms with E-state index < -0.39 is 0 Å². The van der Waals surface area contributed by atoms with E-state index in [1.165, 1.54) is 0 Å². The van der Waals surface area contributed by atoms with Gasteiger partial charge in [-0.05, 0) is 49.4 Å². The molecular weight excluding hydrogens is 352 g/mol. The quantitative estimate of drug-likeness (QED) is 0.726. The Hall–Kier alpha value is -3.32. The van der Waals surface area contributed by atoms with Gasteiger partial charge in [-0.2, -0.15) is 0 Å². The fourth-order valence-electron chi connectivity index (χ4n) is 3.87. The van der Waals surface area contributed by atoms with Crippen molar-refractivity contribution in [1.82, 2.24) is 15.3 Å². The molecule has 3 aromatic rings. The number of ether oxygens (including phenoxy) is 1. The number of nitrogens with two attached hydrogens (primary N) is 1. The number of hydrogen-bond donors (Lipinski definition) is 2. The van der Waals surface area contributed by atoms with Crippen LogP contribution in [0, 0.1) is 0 Å². The second-order valence-corrected chi connectivity index (χ2v) is 7.03. The number of aromatic nitrogens is 2. The Labute approximate surface area is 163 Å². The van der Waals surface area contributed by atoms with Gasteiger partial charge in [-0.25, -0.2) is 9.97 Å². The first-order chi connectivity index (χ1) is 13.8. The summed E-state index contributed by atoms with van der Waals surface area (Å²) in [6.45, 7) is 2.70. The Balaban J connectivity index is 1.43. The second kappa shape index (κ2) is 7.01. The number of para-hydroxylation sites is 1. The van der Waals surface area contributed by atoms with Crippen molar-refractivity contribution >= 4 is 23.0 Å². The van der Waals surface area contributed by atoms with Gasteiger partial charge in [0.1, 0.15) is 23.5 Å². The van der Waals surface area contributed by atoms with E-state index in [2.05, 4.69) is 25.1 Å². The van der Waals surface area contributed by atoms with E-state index in [1.54, 1.807) is 6.33 Å². The number of nitrogens with one attached hydrogen (secondary N) is 1. The molecule has 142 valence electrons. The van der Waals surface area contributed by atoms with Crippen molar-refractivity contribution < 1.29 is 4.74 Å². The lowest BCUT2D eigenvalue weighted by atomic mass is 10.2. The van der Waals surface area contributed by atoms with E-state index in [9.17, 15) is 0 Å². The molecule has 0 radical (unpaired) electrons. The van der Waals surface area contributed by atoms with Crippen molar-refractivity contribution in [2.45, 2.75) is 12.5 Å². The molecule has 2 aliphatic heterocycles. The lowest BCUT2D eigenvalue weighted by Gasteiger charge is -2.26. The fourth-order valence-corrected chi connectivity index (χ4v) is 3.87. The first kappa shape index (κ1) is 16.8. The van der Waals surface area contributed by atoms with Crippen LogP contribution in [0.5, 0.6) is 11.5 Å². The zero-order chi connectivity index (χ0) is 18.9. The highest BCUT2D eigenvalue weighted by Gasteiger charge is 2.36. The van der Waals surface area contributed by atoms with Crippen LogP contribution in [0.15, 0.2) is 60.9 Å². The number of anilines is 4. The predicted molar refractivity (Wildman–Crippen MR) is 110 cm³/mol. The fraction of sp³-hybridized carbons (Fsp3) is 0.238. The highest BCUT2D eigenvalue weighted by Crippen LogP contribution is 2.43. The molecular formula is C21H22N6O. The third-order valence-electron chi connectivity index (χ3n) is 5.27. The van der Waals surface area contributed by atoms with Gasteiger partial charge in [0.05, 0.1) is 6.67 Å². The third kappa shape index (κ3) is 2.99. The predicted octanol–water partition coefficient (Wildman–Crippen LogP) is 3.13. The Morgan fingerprint density at radius 3 is 2.54 bits per heavy atom. The summed E-state index contributed by atoms with van der Waals surface area (Å²) in [5.74, 6) is 3.02. The van der Waals surface area contributed by atoms with Gasteiger partial charge in [0.25, 0.3) is 0 Å². The highest BCUT2D eigenvalue weighted by molar-refractivity contribution is 5.87. The van der Waals surface area contributed by atoms with Gasteiger partial charge in [0.2, 0.25) is 0 Å². The monoisotopic (exact) mass is 374 g/mol. The molecule has 0 unspecified atom stereocenters. The lowest BCUT2D eigenvalue weighted by molar-refractivity contribution is 0.482. The molecule has 0 saturated carbocycles. The highest BCUT2D eigenvalue weighted by atomic mass is 16.5. The largest absolute Gasteiger partial charge is 0.457 e. The zero-order valence-corrected chi connectivity index (χ0v) is 15.5. The first-order valence-electron chi connectivity index (χ1n) is 9.48. The minimum absolute atomic E-state index is 0.415. The normalized spacial score (nSPS) is 18.4. The van der Waals surface area contributed by atoms with Gasteiger partial charge in [-0.1, -0.05) is 18.2 Å². The minimum atomic E-state index is 0.415. The topological polar surface area (TPSA) is 79.5 Å². The zero-order valence-electron chi connectivity index (χ0n) is 15.5. The Bertz CT molecular complexity index is 956. The number of nitrogen functional groups attached to an aromatic ring is 1. The Kier molecular flexibility index (Phi) is 4.21. The van der Waals surface area contributed by atoms with Gasteiger partial charge in [0.15, 0.2) is 11.6 Å². The van der Waals surface area contributed by atoms with Gasteiger partial charge < -0.3 is 25.6 Å². The van der Waals surface area contributed by atoms with Gasteiger partial charge in [0, 0.05) is 18.3 Å². The van der Waals surface area contributed by atoms with E-state index in [0.29, 0.717) is 18.5 Å². The number of hydrogen-bond acceptors (Lipinski definition) is 7. The summed E-state index contributed by atoms with van der Waals surface area (Å²) >= 11 is 0. The summed E-state index contributed by atoms with van der Waals surface area (Å²) in [6.07, 6.45) is 2.64. The second-order valence-electron chi connectivity index (χ2n) is 7.03. The van der Waals surface area contributed by atoms with Crippen molar-refractivity contribution in [2.75, 3.05) is 35.3 Å². The molecule has 0 spiro atoms.